The van der Waals surface area contributed by atoms with Crippen molar-refractivity contribution >= 4 is 17.9 Å². The molecule has 0 aliphatic heterocycles. The molecule has 0 N–H and O–H groups in total. The molecule has 6 heteroatoms. The molecular formula is C70H124O6. The number of rotatable bonds is 60. The number of unbranched alkanes of at least 4 members (excludes halogenated alkanes) is 37. The minimum Gasteiger partial charge on any atom is -0.462 e. The minimum atomic E-state index is -0.776. The van der Waals surface area contributed by atoms with Crippen molar-refractivity contribution in [3.05, 3.63) is 72.9 Å². The lowest BCUT2D eigenvalue weighted by Crippen LogP contribution is -2.30. The fourth-order valence-electron chi connectivity index (χ4n) is 9.53. The van der Waals surface area contributed by atoms with Crippen LogP contribution in [0, 0.1) is 0 Å². The molecule has 0 saturated heterocycles. The molecule has 0 aromatic carbocycles. The molecule has 0 amide bonds. The van der Waals surface area contributed by atoms with Crippen molar-refractivity contribution in [2.24, 2.45) is 0 Å². The van der Waals surface area contributed by atoms with Crippen molar-refractivity contribution in [3.8, 4) is 0 Å². The van der Waals surface area contributed by atoms with Crippen molar-refractivity contribution in [2.75, 3.05) is 13.2 Å². The Kier molecular flexibility index (Phi) is 61.7. The van der Waals surface area contributed by atoms with Gasteiger partial charge in [-0.2, -0.15) is 0 Å². The average molecular weight is 1060 g/mol. The van der Waals surface area contributed by atoms with Crippen LogP contribution in [0.25, 0.3) is 0 Å². The molecule has 1 atom stereocenters. The normalized spacial score (nSPS) is 12.5. The number of carbonyl (C=O) groups excluding carboxylic acids is 3. The Balaban J connectivity index is 4.12. The van der Waals surface area contributed by atoms with Crippen LogP contribution in [0.4, 0.5) is 0 Å². The second kappa shape index (κ2) is 64.4. The summed E-state index contributed by atoms with van der Waals surface area (Å²) in [7, 11) is 0. The van der Waals surface area contributed by atoms with Crippen LogP contribution in [0.3, 0.4) is 0 Å². The molecule has 76 heavy (non-hydrogen) atoms. The second-order valence-corrected chi connectivity index (χ2v) is 22.0. The first kappa shape index (κ1) is 72.8. The average Bonchev–Trinajstić information content (AvgIpc) is 3.42. The van der Waals surface area contributed by atoms with Gasteiger partial charge in [-0.05, 0) is 89.9 Å². The van der Waals surface area contributed by atoms with E-state index in [1.807, 2.05) is 0 Å². The van der Waals surface area contributed by atoms with Gasteiger partial charge in [0, 0.05) is 19.3 Å². The monoisotopic (exact) mass is 1060 g/mol. The van der Waals surface area contributed by atoms with Crippen LogP contribution in [0.2, 0.25) is 0 Å². The van der Waals surface area contributed by atoms with Crippen LogP contribution >= 0.6 is 0 Å². The van der Waals surface area contributed by atoms with Crippen LogP contribution in [-0.4, -0.2) is 37.2 Å². The van der Waals surface area contributed by atoms with Gasteiger partial charge in [0.05, 0.1) is 0 Å². The first-order valence-corrected chi connectivity index (χ1v) is 32.9. The molecule has 0 fully saturated rings. The van der Waals surface area contributed by atoms with Gasteiger partial charge in [0.2, 0.25) is 0 Å². The molecule has 0 aliphatic rings. The number of esters is 3. The molecule has 0 rings (SSSR count). The van der Waals surface area contributed by atoms with E-state index in [1.54, 1.807) is 0 Å². The van der Waals surface area contributed by atoms with Gasteiger partial charge in [0.1, 0.15) is 13.2 Å². The minimum absolute atomic E-state index is 0.0736. The lowest BCUT2D eigenvalue weighted by atomic mass is 10.0. The van der Waals surface area contributed by atoms with E-state index in [2.05, 4.69) is 93.7 Å². The predicted octanol–water partition coefficient (Wildman–Crippen LogP) is 22.5. The Bertz CT molecular complexity index is 1400. The Morgan fingerprint density at radius 1 is 0.276 bits per heavy atom. The number of hydrogen-bond acceptors (Lipinski definition) is 6. The third kappa shape index (κ3) is 61.7. The van der Waals surface area contributed by atoms with Crippen LogP contribution in [0.1, 0.15) is 335 Å². The Labute approximate surface area is 472 Å². The van der Waals surface area contributed by atoms with E-state index in [9.17, 15) is 14.4 Å². The summed E-state index contributed by atoms with van der Waals surface area (Å²) in [5.74, 6) is -0.866. The van der Waals surface area contributed by atoms with Crippen LogP contribution in [-0.2, 0) is 28.6 Å². The Morgan fingerprint density at radius 2 is 0.513 bits per heavy atom. The lowest BCUT2D eigenvalue weighted by Gasteiger charge is -2.18. The SMILES string of the molecule is CC/C=C\C/C=C\C/C=C\C/C=C\CCCCCCCCCCCCCCCCCCCCC(=O)OCC(COC(=O)CCCCCCCCCCCC)OC(=O)CCCCCCCCC/C=C\C/C=C\CCCCC. The van der Waals surface area contributed by atoms with Gasteiger partial charge in [-0.1, -0.05) is 299 Å². The summed E-state index contributed by atoms with van der Waals surface area (Å²) >= 11 is 0. The third-order valence-corrected chi connectivity index (χ3v) is 14.4. The Morgan fingerprint density at radius 3 is 0.829 bits per heavy atom. The van der Waals surface area contributed by atoms with Gasteiger partial charge in [0.15, 0.2) is 6.10 Å². The summed E-state index contributed by atoms with van der Waals surface area (Å²) in [5, 5.41) is 0. The lowest BCUT2D eigenvalue weighted by molar-refractivity contribution is -0.167. The highest BCUT2D eigenvalue weighted by Gasteiger charge is 2.19. The zero-order chi connectivity index (χ0) is 55.0. The van der Waals surface area contributed by atoms with Gasteiger partial charge in [-0.15, -0.1) is 0 Å². The summed E-state index contributed by atoms with van der Waals surface area (Å²) in [5.41, 5.74) is 0. The second-order valence-electron chi connectivity index (χ2n) is 22.0. The van der Waals surface area contributed by atoms with E-state index < -0.39 is 6.10 Å². The molecule has 0 aromatic heterocycles. The summed E-state index contributed by atoms with van der Waals surface area (Å²) < 4.78 is 16.9. The van der Waals surface area contributed by atoms with Gasteiger partial charge < -0.3 is 14.2 Å². The molecule has 0 radical (unpaired) electrons. The van der Waals surface area contributed by atoms with E-state index >= 15 is 0 Å². The highest BCUT2D eigenvalue weighted by molar-refractivity contribution is 5.71. The van der Waals surface area contributed by atoms with Crippen molar-refractivity contribution < 1.29 is 28.6 Å². The maximum absolute atomic E-state index is 12.9. The molecule has 0 heterocycles. The van der Waals surface area contributed by atoms with Crippen molar-refractivity contribution in [3.63, 3.8) is 0 Å². The zero-order valence-electron chi connectivity index (χ0n) is 50.5. The zero-order valence-corrected chi connectivity index (χ0v) is 50.5. The first-order chi connectivity index (χ1) is 37.5. The molecule has 0 saturated carbocycles. The Hall–Kier alpha value is -3.15. The van der Waals surface area contributed by atoms with Crippen molar-refractivity contribution in [1.82, 2.24) is 0 Å². The molecule has 0 aromatic rings. The highest BCUT2D eigenvalue weighted by atomic mass is 16.6. The molecule has 6 nitrogen and oxygen atoms in total. The number of allylic oxidation sites excluding steroid dienone is 12. The van der Waals surface area contributed by atoms with E-state index in [0.29, 0.717) is 19.3 Å². The van der Waals surface area contributed by atoms with E-state index in [-0.39, 0.29) is 31.1 Å². The molecule has 0 aliphatic carbocycles. The maximum Gasteiger partial charge on any atom is 0.306 e. The highest BCUT2D eigenvalue weighted by Crippen LogP contribution is 2.17. The molecule has 440 valence electrons. The number of ether oxygens (including phenoxy) is 3. The largest absolute Gasteiger partial charge is 0.462 e. The smallest absolute Gasteiger partial charge is 0.306 e. The van der Waals surface area contributed by atoms with E-state index in [0.717, 1.165) is 96.3 Å². The summed E-state index contributed by atoms with van der Waals surface area (Å²) in [6.07, 6.45) is 83.6. The molecule has 0 bridgehead atoms. The van der Waals surface area contributed by atoms with Crippen molar-refractivity contribution in [2.45, 2.75) is 341 Å². The van der Waals surface area contributed by atoms with E-state index in [1.165, 1.54) is 199 Å². The van der Waals surface area contributed by atoms with Gasteiger partial charge >= 0.3 is 17.9 Å². The standard InChI is InChI=1S/C70H124O6/c1-4-7-10-13-16-19-22-24-26-28-29-30-31-32-33-34-35-36-37-38-39-40-41-43-44-46-48-51-54-57-60-63-69(72)75-66-67(65-74-68(71)62-59-56-53-50-21-18-15-12-9-6-3)76-70(73)64-61-58-55-52-49-47-45-42-27-25-23-20-17-14-11-8-5-2/h7,10,16-17,19-20,24-27,29-30,67H,4-6,8-9,11-15,18,21-23,28,31-66H2,1-3H3/b10-7-,19-16-,20-17-,26-24-,27-25-,30-29-. The third-order valence-electron chi connectivity index (χ3n) is 14.4. The summed E-state index contributed by atoms with van der Waals surface area (Å²) in [6.45, 7) is 6.52. The van der Waals surface area contributed by atoms with E-state index in [4.69, 9.17) is 14.2 Å². The molecular weight excluding hydrogens is 937 g/mol. The fraction of sp³-hybridized carbons (Fsp3) is 0.786. The number of hydrogen-bond donors (Lipinski definition) is 0. The fourth-order valence-corrected chi connectivity index (χ4v) is 9.53. The number of carbonyl (C=O) groups is 3. The predicted molar refractivity (Wildman–Crippen MR) is 330 cm³/mol. The summed E-state index contributed by atoms with van der Waals surface area (Å²) in [6, 6.07) is 0. The van der Waals surface area contributed by atoms with Crippen molar-refractivity contribution in [1.29, 1.82) is 0 Å². The van der Waals surface area contributed by atoms with Crippen LogP contribution in [0.5, 0.6) is 0 Å². The van der Waals surface area contributed by atoms with Crippen LogP contribution < -0.4 is 0 Å². The van der Waals surface area contributed by atoms with Gasteiger partial charge in [-0.25, -0.2) is 0 Å². The maximum atomic E-state index is 12.9. The topological polar surface area (TPSA) is 78.9 Å². The quantitative estimate of drug-likeness (QED) is 0.0261. The van der Waals surface area contributed by atoms with Gasteiger partial charge in [-0.3, -0.25) is 14.4 Å². The first-order valence-electron chi connectivity index (χ1n) is 32.9. The summed E-state index contributed by atoms with van der Waals surface area (Å²) in [4.78, 5) is 38.2. The van der Waals surface area contributed by atoms with Gasteiger partial charge in [0.25, 0.3) is 0 Å². The van der Waals surface area contributed by atoms with Crippen LogP contribution in [0.15, 0.2) is 72.9 Å². The molecule has 1 unspecified atom stereocenters. The molecule has 0 spiro atoms.